The van der Waals surface area contributed by atoms with E-state index in [-0.39, 0.29) is 0 Å². The predicted molar refractivity (Wildman–Crippen MR) is 84.6 cm³/mol. The maximum Gasteiger partial charge on any atom is 0.0463 e. The van der Waals surface area contributed by atoms with E-state index in [0.29, 0.717) is 5.92 Å². The molecule has 19 heavy (non-hydrogen) atoms. The number of unbranched alkanes of at least 4 members (excludes halogenated alkanes) is 5. The van der Waals surface area contributed by atoms with Crippen molar-refractivity contribution in [1.82, 2.24) is 4.98 Å². The highest BCUT2D eigenvalue weighted by Gasteiger charge is 2.14. The summed E-state index contributed by atoms with van der Waals surface area (Å²) in [6.45, 7) is 6.77. The Bertz CT molecular complexity index is 332. The van der Waals surface area contributed by atoms with Crippen LogP contribution in [0.3, 0.4) is 0 Å². The summed E-state index contributed by atoms with van der Waals surface area (Å²) in [5.74, 6) is 0.685. The van der Waals surface area contributed by atoms with E-state index in [0.717, 1.165) is 0 Å². The minimum atomic E-state index is 0.685. The summed E-state index contributed by atoms with van der Waals surface area (Å²) >= 11 is 0. The molecule has 1 heteroatoms. The average Bonchev–Trinajstić information content (AvgIpc) is 2.42. The fraction of sp³-hybridized carbons (Fsp3) is 0.722. The molecular formula is C18H31N. The van der Waals surface area contributed by atoms with Gasteiger partial charge in [-0.25, -0.2) is 0 Å². The summed E-state index contributed by atoms with van der Waals surface area (Å²) in [6, 6.07) is 4.26. The van der Waals surface area contributed by atoms with Crippen molar-refractivity contribution >= 4 is 0 Å². The Morgan fingerprint density at radius 2 is 1.58 bits per heavy atom. The van der Waals surface area contributed by atoms with Gasteiger partial charge in [0.05, 0.1) is 0 Å². The van der Waals surface area contributed by atoms with Gasteiger partial charge in [0.25, 0.3) is 0 Å². The maximum atomic E-state index is 4.66. The van der Waals surface area contributed by atoms with Crippen LogP contribution in [0.1, 0.15) is 88.8 Å². The largest absolute Gasteiger partial charge is 0.261 e. The van der Waals surface area contributed by atoms with Crippen molar-refractivity contribution in [1.29, 1.82) is 0 Å². The number of nitrogens with zero attached hydrogens (tertiary/aromatic N) is 1. The van der Waals surface area contributed by atoms with E-state index in [1.165, 1.54) is 69.0 Å². The minimum Gasteiger partial charge on any atom is -0.261 e. The van der Waals surface area contributed by atoms with Crippen molar-refractivity contribution in [3.05, 3.63) is 29.6 Å². The number of pyridine rings is 1. The van der Waals surface area contributed by atoms with E-state index in [4.69, 9.17) is 0 Å². The van der Waals surface area contributed by atoms with Crippen molar-refractivity contribution in [2.24, 2.45) is 0 Å². The standard InChI is InChI=1S/C18H31N/c1-4-6-8-10-14-17(13-9-7-5-2)18-16(3)12-11-15-19-18/h11-12,15,17H,4-10,13-14H2,1-3H3. The first-order valence-electron chi connectivity index (χ1n) is 8.21. The van der Waals surface area contributed by atoms with Gasteiger partial charge >= 0.3 is 0 Å². The molecule has 0 saturated carbocycles. The molecule has 0 radical (unpaired) electrons. The van der Waals surface area contributed by atoms with E-state index in [1.54, 1.807) is 0 Å². The number of hydrogen-bond acceptors (Lipinski definition) is 1. The van der Waals surface area contributed by atoms with Gasteiger partial charge in [-0.05, 0) is 31.4 Å². The molecule has 0 aliphatic carbocycles. The normalized spacial score (nSPS) is 12.6. The zero-order chi connectivity index (χ0) is 13.9. The smallest absolute Gasteiger partial charge is 0.0463 e. The Balaban J connectivity index is 2.55. The van der Waals surface area contributed by atoms with E-state index in [2.05, 4.69) is 37.9 Å². The van der Waals surface area contributed by atoms with Crippen LogP contribution in [-0.4, -0.2) is 4.98 Å². The molecule has 0 N–H and O–H groups in total. The summed E-state index contributed by atoms with van der Waals surface area (Å²) in [5, 5.41) is 0. The van der Waals surface area contributed by atoms with Crippen LogP contribution in [0.2, 0.25) is 0 Å². The first-order valence-corrected chi connectivity index (χ1v) is 8.21. The van der Waals surface area contributed by atoms with E-state index >= 15 is 0 Å². The van der Waals surface area contributed by atoms with Crippen LogP contribution in [0.25, 0.3) is 0 Å². The molecule has 0 spiro atoms. The monoisotopic (exact) mass is 261 g/mol. The van der Waals surface area contributed by atoms with E-state index in [9.17, 15) is 0 Å². The molecule has 108 valence electrons. The summed E-state index contributed by atoms with van der Waals surface area (Å²) in [5.41, 5.74) is 2.73. The Labute approximate surface area is 119 Å². The van der Waals surface area contributed by atoms with Gasteiger partial charge in [-0.1, -0.05) is 64.9 Å². The molecule has 0 bridgehead atoms. The van der Waals surface area contributed by atoms with Gasteiger partial charge in [0.15, 0.2) is 0 Å². The van der Waals surface area contributed by atoms with Gasteiger partial charge in [0, 0.05) is 17.8 Å². The Morgan fingerprint density at radius 3 is 2.21 bits per heavy atom. The second-order valence-electron chi connectivity index (χ2n) is 5.75. The lowest BCUT2D eigenvalue weighted by Gasteiger charge is -2.18. The molecule has 1 aromatic rings. The molecule has 1 unspecified atom stereocenters. The second-order valence-corrected chi connectivity index (χ2v) is 5.75. The van der Waals surface area contributed by atoms with Gasteiger partial charge in [-0.15, -0.1) is 0 Å². The number of aryl methyl sites for hydroxylation is 1. The fourth-order valence-electron chi connectivity index (χ4n) is 2.80. The van der Waals surface area contributed by atoms with Gasteiger partial charge in [0.2, 0.25) is 0 Å². The van der Waals surface area contributed by atoms with Crippen molar-refractivity contribution in [2.75, 3.05) is 0 Å². The van der Waals surface area contributed by atoms with Crippen molar-refractivity contribution in [2.45, 2.75) is 84.5 Å². The molecule has 0 amide bonds. The second kappa shape index (κ2) is 10.00. The molecule has 0 aromatic carbocycles. The third-order valence-corrected chi connectivity index (χ3v) is 4.00. The third-order valence-electron chi connectivity index (χ3n) is 4.00. The summed E-state index contributed by atoms with van der Waals surface area (Å²) in [4.78, 5) is 4.66. The molecule has 1 rings (SSSR count). The maximum absolute atomic E-state index is 4.66. The van der Waals surface area contributed by atoms with Crippen LogP contribution in [0.15, 0.2) is 18.3 Å². The molecule has 1 aromatic heterocycles. The van der Waals surface area contributed by atoms with Gasteiger partial charge in [0.1, 0.15) is 0 Å². The van der Waals surface area contributed by atoms with Crippen LogP contribution in [0, 0.1) is 6.92 Å². The Morgan fingerprint density at radius 1 is 0.947 bits per heavy atom. The zero-order valence-electron chi connectivity index (χ0n) is 13.1. The topological polar surface area (TPSA) is 12.9 Å². The highest BCUT2D eigenvalue weighted by molar-refractivity contribution is 5.21. The van der Waals surface area contributed by atoms with Crippen molar-refractivity contribution in [3.8, 4) is 0 Å². The fourth-order valence-corrected chi connectivity index (χ4v) is 2.80. The van der Waals surface area contributed by atoms with Crippen molar-refractivity contribution in [3.63, 3.8) is 0 Å². The zero-order valence-corrected chi connectivity index (χ0v) is 13.1. The SMILES string of the molecule is CCCCCCC(CCCCC)c1ncccc1C. The predicted octanol–water partition coefficient (Wildman–Crippen LogP) is 6.02. The number of hydrogen-bond donors (Lipinski definition) is 0. The highest BCUT2D eigenvalue weighted by atomic mass is 14.7. The average molecular weight is 261 g/mol. The summed E-state index contributed by atoms with van der Waals surface area (Å²) < 4.78 is 0. The first kappa shape index (κ1) is 16.2. The molecule has 1 atom stereocenters. The first-order chi connectivity index (χ1) is 9.29. The molecule has 1 nitrogen and oxygen atoms in total. The summed E-state index contributed by atoms with van der Waals surface area (Å²) in [7, 11) is 0. The van der Waals surface area contributed by atoms with Crippen LogP contribution in [0.5, 0.6) is 0 Å². The molecule has 0 aliphatic heterocycles. The van der Waals surface area contributed by atoms with Crippen LogP contribution in [-0.2, 0) is 0 Å². The summed E-state index contributed by atoms with van der Waals surface area (Å²) in [6.07, 6.45) is 14.1. The van der Waals surface area contributed by atoms with Gasteiger partial charge in [-0.3, -0.25) is 4.98 Å². The molecular weight excluding hydrogens is 230 g/mol. The highest BCUT2D eigenvalue weighted by Crippen LogP contribution is 2.28. The van der Waals surface area contributed by atoms with Gasteiger partial charge < -0.3 is 0 Å². The molecule has 1 heterocycles. The lowest BCUT2D eigenvalue weighted by molar-refractivity contribution is 0.491. The quantitative estimate of drug-likeness (QED) is 0.469. The van der Waals surface area contributed by atoms with Crippen molar-refractivity contribution < 1.29 is 0 Å². The Kier molecular flexibility index (Phi) is 8.53. The van der Waals surface area contributed by atoms with E-state index in [1.807, 2.05) is 6.20 Å². The molecule has 0 saturated heterocycles. The lowest BCUT2D eigenvalue weighted by atomic mass is 9.89. The van der Waals surface area contributed by atoms with Crippen LogP contribution in [0.4, 0.5) is 0 Å². The number of rotatable bonds is 10. The van der Waals surface area contributed by atoms with Gasteiger partial charge in [-0.2, -0.15) is 0 Å². The Hall–Kier alpha value is -0.850. The molecule has 0 fully saturated rings. The molecule has 0 aliphatic rings. The van der Waals surface area contributed by atoms with Crippen LogP contribution >= 0.6 is 0 Å². The lowest BCUT2D eigenvalue weighted by Crippen LogP contribution is -2.04. The van der Waals surface area contributed by atoms with E-state index < -0.39 is 0 Å². The van der Waals surface area contributed by atoms with Crippen LogP contribution < -0.4 is 0 Å². The third kappa shape index (κ3) is 6.22. The minimum absolute atomic E-state index is 0.685. The number of aromatic nitrogens is 1.